The van der Waals surface area contributed by atoms with Crippen molar-refractivity contribution >= 4 is 50.5 Å². The van der Waals surface area contributed by atoms with E-state index in [1.165, 1.54) is 4.90 Å². The predicted molar refractivity (Wildman–Crippen MR) is 110 cm³/mol. The molecule has 0 aliphatic heterocycles. The van der Waals surface area contributed by atoms with Crippen LogP contribution in [0.5, 0.6) is 5.75 Å². The molecule has 0 saturated carbocycles. The van der Waals surface area contributed by atoms with Gasteiger partial charge in [0.1, 0.15) is 24.0 Å². The van der Waals surface area contributed by atoms with Gasteiger partial charge >= 0.3 is 0 Å². The molecule has 0 spiro atoms. The molecule has 0 bridgehead atoms. The fourth-order valence-electron chi connectivity index (χ4n) is 2.04. The highest BCUT2D eigenvalue weighted by atomic mass is 127. The lowest BCUT2D eigenvalue weighted by Gasteiger charge is -2.12. The number of benzene rings is 2. The summed E-state index contributed by atoms with van der Waals surface area (Å²) in [5, 5.41) is 9.28. The van der Waals surface area contributed by atoms with E-state index in [4.69, 9.17) is 4.74 Å². The van der Waals surface area contributed by atoms with E-state index in [0.717, 1.165) is 13.6 Å². The molecule has 0 heterocycles. The molecule has 25 heavy (non-hydrogen) atoms. The van der Waals surface area contributed by atoms with E-state index >= 15 is 0 Å². The standard InChI is InChI=1S/C19H16BrIN2O2/c1-23(2)19(24)15(11-22)9-14-10-16(20)5-8-18(14)25-12-13-3-6-17(21)7-4-13/h3-10H,12H2,1-2H3/b15-9-. The first-order valence-electron chi connectivity index (χ1n) is 7.41. The maximum atomic E-state index is 12.1. The molecule has 0 aliphatic carbocycles. The first-order valence-corrected chi connectivity index (χ1v) is 9.28. The van der Waals surface area contributed by atoms with Gasteiger partial charge in [-0.3, -0.25) is 4.79 Å². The van der Waals surface area contributed by atoms with E-state index in [-0.39, 0.29) is 11.5 Å². The number of halogens is 2. The third kappa shape index (κ3) is 5.58. The summed E-state index contributed by atoms with van der Waals surface area (Å²) in [6, 6.07) is 15.5. The summed E-state index contributed by atoms with van der Waals surface area (Å²) in [7, 11) is 3.23. The molecule has 128 valence electrons. The highest BCUT2D eigenvalue weighted by molar-refractivity contribution is 14.1. The largest absolute Gasteiger partial charge is 0.488 e. The Morgan fingerprint density at radius 2 is 1.96 bits per heavy atom. The number of likely N-dealkylation sites (N-methyl/N-ethyl adjacent to an activating group) is 1. The van der Waals surface area contributed by atoms with Crippen molar-refractivity contribution in [2.45, 2.75) is 6.61 Å². The van der Waals surface area contributed by atoms with Crippen LogP contribution in [0.3, 0.4) is 0 Å². The number of rotatable bonds is 5. The zero-order chi connectivity index (χ0) is 18.4. The van der Waals surface area contributed by atoms with Gasteiger partial charge in [-0.2, -0.15) is 5.26 Å². The van der Waals surface area contributed by atoms with Crippen LogP contribution >= 0.6 is 38.5 Å². The monoisotopic (exact) mass is 510 g/mol. The van der Waals surface area contributed by atoms with Crippen LogP contribution in [0.2, 0.25) is 0 Å². The maximum Gasteiger partial charge on any atom is 0.264 e. The summed E-state index contributed by atoms with van der Waals surface area (Å²) in [5.41, 5.74) is 1.77. The second kappa shape index (κ2) is 9.02. The zero-order valence-electron chi connectivity index (χ0n) is 13.8. The quantitative estimate of drug-likeness (QED) is 0.335. The van der Waals surface area contributed by atoms with Gasteiger partial charge < -0.3 is 9.64 Å². The fraction of sp³-hybridized carbons (Fsp3) is 0.158. The van der Waals surface area contributed by atoms with Gasteiger partial charge in [0.05, 0.1) is 0 Å². The van der Waals surface area contributed by atoms with Gasteiger partial charge in [-0.05, 0) is 64.6 Å². The molecule has 0 aliphatic rings. The number of hydrogen-bond donors (Lipinski definition) is 0. The van der Waals surface area contributed by atoms with Gasteiger partial charge in [0, 0.05) is 27.7 Å². The van der Waals surface area contributed by atoms with Crippen molar-refractivity contribution in [1.29, 1.82) is 5.26 Å². The lowest BCUT2D eigenvalue weighted by molar-refractivity contribution is -0.124. The fourth-order valence-corrected chi connectivity index (χ4v) is 2.78. The van der Waals surface area contributed by atoms with Gasteiger partial charge in [0.15, 0.2) is 0 Å². The van der Waals surface area contributed by atoms with Gasteiger partial charge in [-0.1, -0.05) is 28.1 Å². The number of hydrogen-bond acceptors (Lipinski definition) is 3. The van der Waals surface area contributed by atoms with Crippen molar-refractivity contribution < 1.29 is 9.53 Å². The van der Waals surface area contributed by atoms with E-state index < -0.39 is 0 Å². The molecule has 0 N–H and O–H groups in total. The first kappa shape index (κ1) is 19.5. The van der Waals surface area contributed by atoms with Crippen molar-refractivity contribution in [3.63, 3.8) is 0 Å². The first-order chi connectivity index (χ1) is 11.9. The third-order valence-corrected chi connectivity index (χ3v) is 4.55. The summed E-state index contributed by atoms with van der Waals surface area (Å²) in [5.74, 6) is 0.270. The van der Waals surface area contributed by atoms with E-state index in [0.29, 0.717) is 17.9 Å². The van der Waals surface area contributed by atoms with E-state index in [1.807, 2.05) is 48.5 Å². The van der Waals surface area contributed by atoms with Crippen molar-refractivity contribution in [3.8, 4) is 11.8 Å². The van der Waals surface area contributed by atoms with Gasteiger partial charge in [0.2, 0.25) is 0 Å². The van der Waals surface area contributed by atoms with Gasteiger partial charge in [-0.15, -0.1) is 0 Å². The van der Waals surface area contributed by atoms with Crippen LogP contribution in [0.25, 0.3) is 6.08 Å². The summed E-state index contributed by atoms with van der Waals surface area (Å²) < 4.78 is 7.91. The zero-order valence-corrected chi connectivity index (χ0v) is 17.5. The van der Waals surface area contributed by atoms with Crippen LogP contribution in [-0.4, -0.2) is 24.9 Å². The van der Waals surface area contributed by atoms with E-state index in [1.54, 1.807) is 20.2 Å². The normalized spacial score (nSPS) is 10.9. The Balaban J connectivity index is 2.29. The summed E-state index contributed by atoms with van der Waals surface area (Å²) >= 11 is 5.67. The Morgan fingerprint density at radius 1 is 1.28 bits per heavy atom. The molecule has 0 radical (unpaired) electrons. The number of amides is 1. The molecule has 0 atom stereocenters. The van der Waals surface area contributed by atoms with Gasteiger partial charge in [-0.25, -0.2) is 0 Å². The average Bonchev–Trinajstić information content (AvgIpc) is 2.59. The van der Waals surface area contributed by atoms with Crippen molar-refractivity contribution in [2.24, 2.45) is 0 Å². The molecule has 0 saturated heterocycles. The Kier molecular flexibility index (Phi) is 7.02. The molecule has 4 nitrogen and oxygen atoms in total. The van der Waals surface area contributed by atoms with Crippen molar-refractivity contribution in [1.82, 2.24) is 4.90 Å². The van der Waals surface area contributed by atoms with Crippen molar-refractivity contribution in [2.75, 3.05) is 14.1 Å². The molecule has 0 aromatic heterocycles. The number of nitriles is 1. The average molecular weight is 511 g/mol. The Bertz CT molecular complexity index is 839. The number of carbonyl (C=O) groups excluding carboxylic acids is 1. The minimum Gasteiger partial charge on any atom is -0.488 e. The molecular formula is C19H16BrIN2O2. The lowest BCUT2D eigenvalue weighted by Crippen LogP contribution is -2.22. The highest BCUT2D eigenvalue weighted by Crippen LogP contribution is 2.26. The molecule has 0 fully saturated rings. The van der Waals surface area contributed by atoms with Crippen LogP contribution in [0.1, 0.15) is 11.1 Å². The minimum atomic E-state index is -0.342. The van der Waals surface area contributed by atoms with E-state index in [2.05, 4.69) is 38.5 Å². The molecule has 2 rings (SSSR count). The number of nitrogens with zero attached hydrogens (tertiary/aromatic N) is 2. The van der Waals surface area contributed by atoms with Crippen LogP contribution in [-0.2, 0) is 11.4 Å². The number of carbonyl (C=O) groups is 1. The minimum absolute atomic E-state index is 0.0576. The number of ether oxygens (including phenoxy) is 1. The Morgan fingerprint density at radius 3 is 2.56 bits per heavy atom. The summed E-state index contributed by atoms with van der Waals surface area (Å²) in [6.45, 7) is 0.406. The second-order valence-corrected chi connectivity index (χ2v) is 7.63. The third-order valence-electron chi connectivity index (χ3n) is 3.34. The van der Waals surface area contributed by atoms with E-state index in [9.17, 15) is 10.1 Å². The molecule has 2 aromatic carbocycles. The van der Waals surface area contributed by atoms with Crippen LogP contribution in [0, 0.1) is 14.9 Å². The molecule has 0 unspecified atom stereocenters. The smallest absolute Gasteiger partial charge is 0.264 e. The molecular weight excluding hydrogens is 495 g/mol. The predicted octanol–water partition coefficient (Wildman–Crippen LogP) is 4.63. The molecule has 6 heteroatoms. The van der Waals surface area contributed by atoms with Crippen LogP contribution in [0.15, 0.2) is 52.5 Å². The maximum absolute atomic E-state index is 12.1. The highest BCUT2D eigenvalue weighted by Gasteiger charge is 2.13. The lowest BCUT2D eigenvalue weighted by atomic mass is 10.1. The van der Waals surface area contributed by atoms with Crippen LogP contribution < -0.4 is 4.74 Å². The molecule has 1 amide bonds. The van der Waals surface area contributed by atoms with Gasteiger partial charge in [0.25, 0.3) is 5.91 Å². The second-order valence-electron chi connectivity index (χ2n) is 5.47. The van der Waals surface area contributed by atoms with Crippen molar-refractivity contribution in [3.05, 3.63) is 67.2 Å². The van der Waals surface area contributed by atoms with Crippen LogP contribution in [0.4, 0.5) is 0 Å². The Hall–Kier alpha value is -1.85. The topological polar surface area (TPSA) is 53.3 Å². The summed E-state index contributed by atoms with van der Waals surface area (Å²) in [4.78, 5) is 13.4. The summed E-state index contributed by atoms with van der Waals surface area (Å²) in [6.07, 6.45) is 1.55. The Labute approximate surface area is 169 Å². The molecule has 2 aromatic rings. The SMILES string of the molecule is CN(C)C(=O)/C(C#N)=C\c1cc(Br)ccc1OCc1ccc(I)cc1.